The molecule has 0 radical (unpaired) electrons. The number of carbonyl (C=O) groups is 2. The first-order valence-electron chi connectivity index (χ1n) is 15.2. The fourth-order valence-electron chi connectivity index (χ4n) is 5.94. The molecule has 1 heterocycles. The Balaban J connectivity index is 1.47. The van der Waals surface area contributed by atoms with E-state index in [0.29, 0.717) is 44.9 Å². The molecule has 4 rings (SSSR count). The lowest BCUT2D eigenvalue weighted by Crippen LogP contribution is -2.51. The van der Waals surface area contributed by atoms with Crippen LogP contribution in [0.1, 0.15) is 63.0 Å². The third kappa shape index (κ3) is 8.91. The average Bonchev–Trinajstić information content (AvgIpc) is 3.03. The lowest BCUT2D eigenvalue weighted by molar-refractivity contribution is -0.136. The molecule has 1 saturated carbocycles. The molecule has 0 N–H and O–H groups in total. The summed E-state index contributed by atoms with van der Waals surface area (Å²) >= 11 is 0. The molecule has 1 saturated heterocycles. The summed E-state index contributed by atoms with van der Waals surface area (Å²) in [6.45, 7) is 3.34. The fraction of sp³-hybridized carbons (Fsp3) is 0.515. The quantitative estimate of drug-likeness (QED) is 0.324. The first kappa shape index (κ1) is 31.8. The Kier molecular flexibility index (Phi) is 11.6. The van der Waals surface area contributed by atoms with Crippen LogP contribution in [0, 0.1) is 5.92 Å². The first-order chi connectivity index (χ1) is 20.3. The number of carbonyl (C=O) groups excluding carboxylic acids is 2. The van der Waals surface area contributed by atoms with E-state index in [1.165, 1.54) is 10.7 Å². The van der Waals surface area contributed by atoms with E-state index in [1.54, 1.807) is 20.1 Å². The lowest BCUT2D eigenvalue weighted by Gasteiger charge is -2.39. The molecule has 228 valence electrons. The Morgan fingerprint density at radius 3 is 2.24 bits per heavy atom. The summed E-state index contributed by atoms with van der Waals surface area (Å²) in [5.41, 5.74) is 1.92. The molecule has 8 nitrogen and oxygen atoms in total. The van der Waals surface area contributed by atoms with E-state index in [9.17, 15) is 18.0 Å². The summed E-state index contributed by atoms with van der Waals surface area (Å²) in [7, 11) is -1.93. The summed E-state index contributed by atoms with van der Waals surface area (Å²) in [6.07, 6.45) is 10.1. The van der Waals surface area contributed by atoms with Crippen LogP contribution < -0.4 is 4.74 Å². The first-order valence-corrected chi connectivity index (χ1v) is 16.8. The van der Waals surface area contributed by atoms with Gasteiger partial charge in [-0.2, -0.15) is 4.31 Å². The molecule has 0 atom stereocenters. The van der Waals surface area contributed by atoms with Gasteiger partial charge in [0.2, 0.25) is 21.8 Å². The maximum absolute atomic E-state index is 14.0. The van der Waals surface area contributed by atoms with Crippen molar-refractivity contribution < 1.29 is 22.7 Å². The topological polar surface area (TPSA) is 87.2 Å². The molecule has 0 unspecified atom stereocenters. The highest BCUT2D eigenvalue weighted by molar-refractivity contribution is 7.89. The smallest absolute Gasteiger partial charge is 0.246 e. The molecule has 2 amide bonds. The molecule has 42 heavy (non-hydrogen) atoms. The fourth-order valence-corrected chi connectivity index (χ4v) is 7.05. The average molecular weight is 596 g/mol. The SMILES string of the molecule is CCS(=O)(=O)N(CC(=O)N(Cc1ccc(OC)cc1)C1CCN(C(=O)/C=C/c2ccccc2)CC1)CC1CCCCC1. The van der Waals surface area contributed by atoms with E-state index in [2.05, 4.69) is 0 Å². The summed E-state index contributed by atoms with van der Waals surface area (Å²) in [5.74, 6) is 0.772. The molecule has 1 aliphatic heterocycles. The second-order valence-corrected chi connectivity index (χ2v) is 13.6. The van der Waals surface area contributed by atoms with Crippen LogP contribution in [0.5, 0.6) is 5.75 Å². The van der Waals surface area contributed by atoms with Gasteiger partial charge in [-0.05, 0) is 67.9 Å². The molecular formula is C33H45N3O5S. The second-order valence-electron chi connectivity index (χ2n) is 11.4. The van der Waals surface area contributed by atoms with E-state index in [-0.39, 0.29) is 30.2 Å². The van der Waals surface area contributed by atoms with Gasteiger partial charge in [-0.15, -0.1) is 0 Å². The van der Waals surface area contributed by atoms with Crippen LogP contribution in [-0.2, 0) is 26.2 Å². The maximum atomic E-state index is 14.0. The Labute approximate surface area is 251 Å². The van der Waals surface area contributed by atoms with Crippen LogP contribution in [0.3, 0.4) is 0 Å². The molecule has 2 aromatic carbocycles. The van der Waals surface area contributed by atoms with E-state index in [0.717, 1.165) is 42.6 Å². The number of amides is 2. The molecule has 0 bridgehead atoms. The predicted molar refractivity (Wildman–Crippen MR) is 166 cm³/mol. The number of methoxy groups -OCH3 is 1. The van der Waals surface area contributed by atoms with Gasteiger partial charge in [0.05, 0.1) is 19.4 Å². The number of rotatable bonds is 12. The minimum absolute atomic E-state index is 0.0253. The van der Waals surface area contributed by atoms with Gasteiger partial charge in [0.15, 0.2) is 0 Å². The van der Waals surface area contributed by atoms with Crippen LogP contribution in [0.4, 0.5) is 0 Å². The van der Waals surface area contributed by atoms with Crippen molar-refractivity contribution in [2.45, 2.75) is 64.5 Å². The number of sulfonamides is 1. The second kappa shape index (κ2) is 15.3. The Morgan fingerprint density at radius 1 is 0.952 bits per heavy atom. The number of hydrogen-bond donors (Lipinski definition) is 0. The van der Waals surface area contributed by atoms with Crippen molar-refractivity contribution >= 4 is 27.9 Å². The van der Waals surface area contributed by atoms with Gasteiger partial charge in [-0.3, -0.25) is 9.59 Å². The van der Waals surface area contributed by atoms with Gasteiger partial charge in [-0.25, -0.2) is 8.42 Å². The largest absolute Gasteiger partial charge is 0.497 e. The highest BCUT2D eigenvalue weighted by atomic mass is 32.2. The van der Waals surface area contributed by atoms with Gasteiger partial charge < -0.3 is 14.5 Å². The van der Waals surface area contributed by atoms with E-state index in [4.69, 9.17) is 4.74 Å². The van der Waals surface area contributed by atoms with Crippen molar-refractivity contribution in [3.8, 4) is 5.75 Å². The number of likely N-dealkylation sites (tertiary alicyclic amines) is 1. The molecule has 9 heteroatoms. The number of nitrogens with zero attached hydrogens (tertiary/aromatic N) is 3. The van der Waals surface area contributed by atoms with Gasteiger partial charge >= 0.3 is 0 Å². The normalized spacial score (nSPS) is 17.1. The molecular weight excluding hydrogens is 550 g/mol. The summed E-state index contributed by atoms with van der Waals surface area (Å²) in [4.78, 5) is 30.5. The van der Waals surface area contributed by atoms with Gasteiger partial charge in [0, 0.05) is 38.3 Å². The number of benzene rings is 2. The Morgan fingerprint density at radius 2 is 1.62 bits per heavy atom. The minimum Gasteiger partial charge on any atom is -0.497 e. The third-order valence-electron chi connectivity index (χ3n) is 8.52. The van der Waals surface area contributed by atoms with Crippen LogP contribution in [0.2, 0.25) is 0 Å². The monoisotopic (exact) mass is 595 g/mol. The van der Waals surface area contributed by atoms with Crippen molar-refractivity contribution in [3.05, 3.63) is 71.8 Å². The molecule has 2 aromatic rings. The number of ether oxygens (including phenoxy) is 1. The van der Waals surface area contributed by atoms with E-state index < -0.39 is 10.0 Å². The van der Waals surface area contributed by atoms with Crippen molar-refractivity contribution in [3.63, 3.8) is 0 Å². The van der Waals surface area contributed by atoms with Crippen molar-refractivity contribution in [1.82, 2.24) is 14.1 Å². The highest BCUT2D eigenvalue weighted by Crippen LogP contribution is 2.26. The molecule has 2 fully saturated rings. The van der Waals surface area contributed by atoms with Crippen LogP contribution in [-0.4, -0.2) is 79.4 Å². The van der Waals surface area contributed by atoms with Gasteiger partial charge in [0.1, 0.15) is 5.75 Å². The molecule has 0 spiro atoms. The molecule has 1 aliphatic carbocycles. The number of hydrogen-bond acceptors (Lipinski definition) is 5. The van der Waals surface area contributed by atoms with Crippen molar-refractivity contribution in [1.29, 1.82) is 0 Å². The van der Waals surface area contributed by atoms with E-state index >= 15 is 0 Å². The zero-order chi connectivity index (χ0) is 30.0. The Bertz CT molecular complexity index is 1280. The highest BCUT2D eigenvalue weighted by Gasteiger charge is 2.33. The van der Waals surface area contributed by atoms with Gasteiger partial charge in [-0.1, -0.05) is 61.7 Å². The molecule has 0 aromatic heterocycles. The zero-order valence-electron chi connectivity index (χ0n) is 25.0. The zero-order valence-corrected chi connectivity index (χ0v) is 25.8. The van der Waals surface area contributed by atoms with Crippen LogP contribution >= 0.6 is 0 Å². The van der Waals surface area contributed by atoms with Crippen molar-refractivity contribution in [2.75, 3.05) is 39.0 Å². The summed E-state index contributed by atoms with van der Waals surface area (Å²) in [6, 6.07) is 17.2. The number of piperidine rings is 1. The van der Waals surface area contributed by atoms with E-state index in [1.807, 2.05) is 70.5 Å². The summed E-state index contributed by atoms with van der Waals surface area (Å²) in [5, 5.41) is 0. The third-order valence-corrected chi connectivity index (χ3v) is 10.3. The predicted octanol–water partition coefficient (Wildman–Crippen LogP) is 4.96. The van der Waals surface area contributed by atoms with Gasteiger partial charge in [0.25, 0.3) is 0 Å². The lowest BCUT2D eigenvalue weighted by atomic mass is 9.89. The summed E-state index contributed by atoms with van der Waals surface area (Å²) < 4.78 is 32.9. The standard InChI is InChI=1S/C33H45N3O5S/c1-3-42(39,40)35(24-28-12-8-5-9-13-28)26-33(38)36(25-29-14-17-31(41-2)18-15-29)30-20-22-34(23-21-30)32(37)19-16-27-10-6-4-7-11-27/h4,6-7,10-11,14-19,28,30H,3,5,8-9,12-13,20-26H2,1-2H3/b19-16+. The molecule has 2 aliphatic rings. The van der Waals surface area contributed by atoms with Crippen LogP contribution in [0.15, 0.2) is 60.7 Å². The maximum Gasteiger partial charge on any atom is 0.246 e. The minimum atomic E-state index is -3.54. The Hall–Kier alpha value is -3.17. The van der Waals surface area contributed by atoms with Crippen LogP contribution in [0.25, 0.3) is 6.08 Å². The van der Waals surface area contributed by atoms with Crippen molar-refractivity contribution in [2.24, 2.45) is 5.92 Å².